The maximum atomic E-state index is 12.4. The maximum absolute atomic E-state index is 12.4. The minimum atomic E-state index is -0.186. The predicted octanol–water partition coefficient (Wildman–Crippen LogP) is 5.40. The van der Waals surface area contributed by atoms with E-state index in [1.165, 1.54) is 11.8 Å². The summed E-state index contributed by atoms with van der Waals surface area (Å²) in [5.74, 6) is 1.37. The molecule has 34 heavy (non-hydrogen) atoms. The minimum Gasteiger partial charge on any atom is -0.465 e. The van der Waals surface area contributed by atoms with Gasteiger partial charge in [-0.3, -0.25) is 14.2 Å². The zero-order chi connectivity index (χ0) is 24.1. The molecule has 2 N–H and O–H groups in total. The molecule has 4 aromatic rings. The van der Waals surface area contributed by atoms with E-state index in [1.807, 2.05) is 54.9 Å². The van der Waals surface area contributed by atoms with Crippen molar-refractivity contribution in [1.29, 1.82) is 0 Å². The highest BCUT2D eigenvalue weighted by atomic mass is 35.5. The Bertz CT molecular complexity index is 1310. The summed E-state index contributed by atoms with van der Waals surface area (Å²) in [7, 11) is 0. The van der Waals surface area contributed by atoms with Crippen molar-refractivity contribution < 1.29 is 14.0 Å². The molecule has 2 aromatic heterocycles. The highest BCUT2D eigenvalue weighted by Crippen LogP contribution is 2.23. The van der Waals surface area contributed by atoms with Crippen LogP contribution < -0.4 is 10.6 Å². The number of carbonyl (C=O) groups excluding carboxylic acids is 2. The number of benzene rings is 2. The number of carbonyl (C=O) groups is 2. The summed E-state index contributed by atoms with van der Waals surface area (Å²) in [5.41, 5.74) is 3.01. The molecule has 7 nitrogen and oxygen atoms in total. The van der Waals surface area contributed by atoms with Crippen LogP contribution in [0, 0.1) is 13.8 Å². The molecule has 0 fully saturated rings. The molecule has 2 heterocycles. The Morgan fingerprint density at radius 3 is 2.62 bits per heavy atom. The number of halogens is 1. The van der Waals surface area contributed by atoms with Gasteiger partial charge in [0.1, 0.15) is 11.5 Å². The molecule has 0 radical (unpaired) electrons. The average Bonchev–Trinajstić information content (AvgIpc) is 3.47. The van der Waals surface area contributed by atoms with E-state index in [4.69, 9.17) is 16.0 Å². The largest absolute Gasteiger partial charge is 0.465 e. The van der Waals surface area contributed by atoms with Gasteiger partial charge in [-0.25, -0.2) is 4.98 Å². The fraction of sp³-hybridized carbons (Fsp3) is 0.160. The van der Waals surface area contributed by atoms with Crippen molar-refractivity contribution in [3.63, 3.8) is 0 Å². The SMILES string of the molecule is Cc1ccc(CNC(=O)c2ccc(-n3ccnc3SCC(=O)Nc3cc(Cl)ccc3C)cc2)o1. The van der Waals surface area contributed by atoms with E-state index in [0.29, 0.717) is 33.7 Å². The summed E-state index contributed by atoms with van der Waals surface area (Å²) in [6.07, 6.45) is 3.49. The number of rotatable bonds is 8. The summed E-state index contributed by atoms with van der Waals surface area (Å²) in [4.78, 5) is 29.2. The van der Waals surface area contributed by atoms with Gasteiger partial charge >= 0.3 is 0 Å². The van der Waals surface area contributed by atoms with Crippen LogP contribution in [0.15, 0.2) is 76.6 Å². The van der Waals surface area contributed by atoms with Crippen molar-refractivity contribution in [2.24, 2.45) is 0 Å². The minimum absolute atomic E-state index is 0.149. The number of hydrogen-bond acceptors (Lipinski definition) is 5. The van der Waals surface area contributed by atoms with Gasteiger partial charge < -0.3 is 15.1 Å². The maximum Gasteiger partial charge on any atom is 0.251 e. The molecule has 4 rings (SSSR count). The third-order valence-electron chi connectivity index (χ3n) is 5.04. The van der Waals surface area contributed by atoms with E-state index < -0.39 is 0 Å². The lowest BCUT2D eigenvalue weighted by Crippen LogP contribution is -2.22. The van der Waals surface area contributed by atoms with Crippen LogP contribution in [0.5, 0.6) is 0 Å². The molecule has 0 aliphatic heterocycles. The highest BCUT2D eigenvalue weighted by Gasteiger charge is 2.12. The van der Waals surface area contributed by atoms with Crippen LogP contribution >= 0.6 is 23.4 Å². The Morgan fingerprint density at radius 1 is 1.09 bits per heavy atom. The van der Waals surface area contributed by atoms with Crippen molar-refractivity contribution >= 4 is 40.9 Å². The fourth-order valence-corrected chi connectivity index (χ4v) is 4.21. The Balaban J connectivity index is 1.35. The van der Waals surface area contributed by atoms with Crippen LogP contribution in [0.1, 0.15) is 27.4 Å². The lowest BCUT2D eigenvalue weighted by molar-refractivity contribution is -0.113. The molecule has 0 atom stereocenters. The van der Waals surface area contributed by atoms with Crippen LogP contribution in [0.4, 0.5) is 5.69 Å². The number of anilines is 1. The number of aromatic nitrogens is 2. The fourth-order valence-electron chi connectivity index (χ4n) is 3.26. The summed E-state index contributed by atoms with van der Waals surface area (Å²) in [5, 5.41) is 6.97. The third kappa shape index (κ3) is 5.89. The van der Waals surface area contributed by atoms with Crippen molar-refractivity contribution in [1.82, 2.24) is 14.9 Å². The zero-order valence-corrected chi connectivity index (χ0v) is 20.2. The Labute approximate surface area is 206 Å². The van der Waals surface area contributed by atoms with Crippen LogP contribution in [-0.2, 0) is 11.3 Å². The standard InChI is InChI=1S/C25H23ClN4O3S/c1-16-3-7-19(26)13-22(16)29-23(31)15-34-25-27-11-12-30(25)20-8-5-18(6-9-20)24(32)28-14-21-10-4-17(2)33-21/h3-13H,14-15H2,1-2H3,(H,28,32)(H,29,31). The predicted molar refractivity (Wildman–Crippen MR) is 134 cm³/mol. The van der Waals surface area contributed by atoms with Gasteiger partial charge in [0, 0.05) is 34.4 Å². The average molecular weight is 495 g/mol. The van der Waals surface area contributed by atoms with Crippen molar-refractivity contribution in [2.45, 2.75) is 25.5 Å². The summed E-state index contributed by atoms with van der Waals surface area (Å²) < 4.78 is 7.34. The number of amides is 2. The highest BCUT2D eigenvalue weighted by molar-refractivity contribution is 7.99. The molecule has 0 bridgehead atoms. The van der Waals surface area contributed by atoms with Gasteiger partial charge in [-0.15, -0.1) is 0 Å². The summed E-state index contributed by atoms with van der Waals surface area (Å²) in [6, 6.07) is 16.3. The molecule has 174 valence electrons. The molecular formula is C25H23ClN4O3S. The Hall–Kier alpha value is -3.49. The molecule has 0 aliphatic carbocycles. The van der Waals surface area contributed by atoms with E-state index in [1.54, 1.807) is 30.5 Å². The number of nitrogens with zero attached hydrogens (tertiary/aromatic N) is 2. The molecular weight excluding hydrogens is 472 g/mol. The number of furan rings is 1. The van der Waals surface area contributed by atoms with E-state index >= 15 is 0 Å². The van der Waals surface area contributed by atoms with Gasteiger partial charge in [-0.1, -0.05) is 29.4 Å². The second-order valence-corrected chi connectivity index (χ2v) is 9.00. The molecule has 0 aliphatic rings. The van der Waals surface area contributed by atoms with Gasteiger partial charge in [0.2, 0.25) is 5.91 Å². The summed E-state index contributed by atoms with van der Waals surface area (Å²) in [6.45, 7) is 4.10. The molecule has 2 amide bonds. The first-order chi connectivity index (χ1) is 16.4. The van der Waals surface area contributed by atoms with Crippen molar-refractivity contribution in [3.8, 4) is 5.69 Å². The number of hydrogen-bond donors (Lipinski definition) is 2. The first-order valence-electron chi connectivity index (χ1n) is 10.5. The van der Waals surface area contributed by atoms with Crippen LogP contribution in [0.2, 0.25) is 5.02 Å². The molecule has 0 spiro atoms. The van der Waals surface area contributed by atoms with Crippen molar-refractivity contribution in [3.05, 3.63) is 94.7 Å². The van der Waals surface area contributed by atoms with Gasteiger partial charge in [-0.05, 0) is 67.9 Å². The van der Waals surface area contributed by atoms with E-state index in [2.05, 4.69) is 15.6 Å². The zero-order valence-electron chi connectivity index (χ0n) is 18.7. The third-order valence-corrected chi connectivity index (χ3v) is 6.24. The lowest BCUT2D eigenvalue weighted by atomic mass is 10.2. The van der Waals surface area contributed by atoms with Gasteiger partial charge in [0.15, 0.2) is 5.16 Å². The second-order valence-electron chi connectivity index (χ2n) is 7.62. The van der Waals surface area contributed by atoms with Crippen LogP contribution in [0.3, 0.4) is 0 Å². The van der Waals surface area contributed by atoms with Gasteiger partial charge in [0.05, 0.1) is 12.3 Å². The molecule has 0 saturated heterocycles. The number of thioether (sulfide) groups is 1. The molecule has 2 aromatic carbocycles. The van der Waals surface area contributed by atoms with Crippen LogP contribution in [-0.4, -0.2) is 27.1 Å². The van der Waals surface area contributed by atoms with E-state index in [0.717, 1.165) is 17.0 Å². The normalized spacial score (nSPS) is 10.8. The van der Waals surface area contributed by atoms with Crippen molar-refractivity contribution in [2.75, 3.05) is 11.1 Å². The monoisotopic (exact) mass is 494 g/mol. The van der Waals surface area contributed by atoms with Crippen LogP contribution in [0.25, 0.3) is 5.69 Å². The molecule has 0 unspecified atom stereocenters. The smallest absolute Gasteiger partial charge is 0.251 e. The van der Waals surface area contributed by atoms with E-state index in [-0.39, 0.29) is 17.6 Å². The second kappa shape index (κ2) is 10.6. The lowest BCUT2D eigenvalue weighted by Gasteiger charge is -2.10. The first kappa shape index (κ1) is 23.7. The van der Waals surface area contributed by atoms with Gasteiger partial charge in [0.25, 0.3) is 5.91 Å². The number of imidazole rings is 1. The Kier molecular flexibility index (Phi) is 7.40. The molecule has 9 heteroatoms. The number of aryl methyl sites for hydroxylation is 2. The Morgan fingerprint density at radius 2 is 1.88 bits per heavy atom. The quantitative estimate of drug-likeness (QED) is 0.320. The molecule has 0 saturated carbocycles. The summed E-state index contributed by atoms with van der Waals surface area (Å²) >= 11 is 7.35. The topological polar surface area (TPSA) is 89.2 Å². The van der Waals surface area contributed by atoms with Gasteiger partial charge in [-0.2, -0.15) is 0 Å². The first-order valence-corrected chi connectivity index (χ1v) is 11.9. The van der Waals surface area contributed by atoms with E-state index in [9.17, 15) is 9.59 Å². The number of nitrogens with one attached hydrogen (secondary N) is 2.